The zero-order valence-electron chi connectivity index (χ0n) is 20.3. The highest BCUT2D eigenvalue weighted by Gasteiger charge is 2.32. The fourth-order valence-corrected chi connectivity index (χ4v) is 4.92. The van der Waals surface area contributed by atoms with Gasteiger partial charge in [0, 0.05) is 29.2 Å². The summed E-state index contributed by atoms with van der Waals surface area (Å²) < 4.78 is 30.9. The lowest BCUT2D eigenvalue weighted by atomic mass is 9.99. The molecule has 0 radical (unpaired) electrons. The molecule has 1 aromatic heterocycles. The summed E-state index contributed by atoms with van der Waals surface area (Å²) in [6.07, 6.45) is 0.628. The van der Waals surface area contributed by atoms with Crippen LogP contribution in [0, 0.1) is 17.6 Å². The summed E-state index contributed by atoms with van der Waals surface area (Å²) >= 11 is 3.51. The SMILES string of the molecule is CC(C)[C@H](c1nc2cc(Br)ccc2n1Cc1cc(F)cc(F)c1)N(CCCN)C(=O)c1ccccc1. The number of nitrogens with zero attached hydrogens (tertiary/aromatic N) is 3. The minimum atomic E-state index is -0.636. The third kappa shape index (κ3) is 5.65. The normalized spacial score (nSPS) is 12.3. The van der Waals surface area contributed by atoms with Crippen molar-refractivity contribution in [3.8, 4) is 0 Å². The molecular weight excluding hydrogens is 526 g/mol. The van der Waals surface area contributed by atoms with Gasteiger partial charge in [0.15, 0.2) is 0 Å². The topological polar surface area (TPSA) is 64.2 Å². The van der Waals surface area contributed by atoms with Gasteiger partial charge in [-0.15, -0.1) is 0 Å². The first-order valence-electron chi connectivity index (χ1n) is 11.9. The lowest BCUT2D eigenvalue weighted by molar-refractivity contribution is 0.0605. The summed E-state index contributed by atoms with van der Waals surface area (Å²) in [7, 11) is 0. The van der Waals surface area contributed by atoms with Crippen LogP contribution in [0.2, 0.25) is 0 Å². The molecule has 0 aliphatic heterocycles. The van der Waals surface area contributed by atoms with Crippen LogP contribution in [0.1, 0.15) is 48.1 Å². The number of benzene rings is 3. The van der Waals surface area contributed by atoms with Gasteiger partial charge in [0.2, 0.25) is 0 Å². The van der Waals surface area contributed by atoms with Crippen molar-refractivity contribution in [3.63, 3.8) is 0 Å². The predicted molar refractivity (Wildman–Crippen MR) is 142 cm³/mol. The van der Waals surface area contributed by atoms with Gasteiger partial charge in [0.25, 0.3) is 5.91 Å². The van der Waals surface area contributed by atoms with Crippen LogP contribution in [0.15, 0.2) is 71.2 Å². The number of aromatic nitrogens is 2. The molecule has 0 spiro atoms. The van der Waals surface area contributed by atoms with Crippen LogP contribution in [0.25, 0.3) is 11.0 Å². The average Bonchev–Trinajstić information content (AvgIpc) is 3.17. The van der Waals surface area contributed by atoms with E-state index in [2.05, 4.69) is 15.9 Å². The van der Waals surface area contributed by atoms with Crippen molar-refractivity contribution in [2.45, 2.75) is 32.9 Å². The quantitative estimate of drug-likeness (QED) is 0.263. The summed E-state index contributed by atoms with van der Waals surface area (Å²) in [6, 6.07) is 18.0. The third-order valence-electron chi connectivity index (χ3n) is 6.12. The molecule has 0 aliphatic rings. The number of hydrogen-bond acceptors (Lipinski definition) is 3. The first-order chi connectivity index (χ1) is 17.3. The van der Waals surface area contributed by atoms with E-state index in [1.807, 2.05) is 59.7 Å². The standard InChI is InChI=1S/C28H29BrF2N4O/c1-18(2)26(34(12-6-11-32)28(36)20-7-4-3-5-8-20)27-33-24-15-21(29)9-10-25(24)35(27)17-19-13-22(30)16-23(31)14-19/h3-5,7-10,13-16,18,26H,6,11-12,17,32H2,1-2H3/t26-/m1/s1. The van der Waals surface area contributed by atoms with Crippen molar-refractivity contribution >= 4 is 32.9 Å². The maximum absolute atomic E-state index is 14.0. The summed E-state index contributed by atoms with van der Waals surface area (Å²) in [6.45, 7) is 5.18. The van der Waals surface area contributed by atoms with E-state index in [1.54, 1.807) is 12.1 Å². The number of carbonyl (C=O) groups is 1. The number of halogens is 3. The molecule has 0 unspecified atom stereocenters. The van der Waals surface area contributed by atoms with Gasteiger partial charge in [-0.25, -0.2) is 13.8 Å². The Morgan fingerprint density at radius 3 is 2.39 bits per heavy atom. The van der Waals surface area contributed by atoms with Crippen molar-refractivity contribution < 1.29 is 13.6 Å². The fourth-order valence-electron chi connectivity index (χ4n) is 4.57. The number of rotatable bonds is 9. The van der Waals surface area contributed by atoms with Gasteiger partial charge in [-0.05, 0) is 66.9 Å². The molecule has 8 heteroatoms. The van der Waals surface area contributed by atoms with Crippen LogP contribution in [-0.4, -0.2) is 33.4 Å². The zero-order chi connectivity index (χ0) is 25.8. The van der Waals surface area contributed by atoms with Crippen molar-refractivity contribution in [1.29, 1.82) is 0 Å². The second-order valence-electron chi connectivity index (χ2n) is 9.16. The Balaban J connectivity index is 1.88. The molecule has 1 heterocycles. The molecule has 0 saturated carbocycles. The lowest BCUT2D eigenvalue weighted by Gasteiger charge is -2.34. The van der Waals surface area contributed by atoms with E-state index in [0.717, 1.165) is 21.6 Å². The molecule has 0 aliphatic carbocycles. The van der Waals surface area contributed by atoms with E-state index in [0.29, 0.717) is 36.5 Å². The number of amides is 1. The van der Waals surface area contributed by atoms with E-state index < -0.39 is 17.7 Å². The monoisotopic (exact) mass is 554 g/mol. The zero-order valence-corrected chi connectivity index (χ0v) is 21.9. The first kappa shape index (κ1) is 26.0. The van der Waals surface area contributed by atoms with Gasteiger partial charge in [0.05, 0.1) is 17.1 Å². The number of imidazole rings is 1. The number of carbonyl (C=O) groups excluding carboxylic acids is 1. The Morgan fingerprint density at radius 2 is 1.75 bits per heavy atom. The summed E-state index contributed by atoms with van der Waals surface area (Å²) in [5.74, 6) is -0.729. The van der Waals surface area contributed by atoms with Gasteiger partial charge < -0.3 is 15.2 Å². The molecular formula is C28H29BrF2N4O. The Kier molecular flexibility index (Phi) is 8.16. The van der Waals surface area contributed by atoms with Crippen molar-refractivity contribution in [2.24, 2.45) is 11.7 Å². The molecule has 2 N–H and O–H groups in total. The average molecular weight is 555 g/mol. The third-order valence-corrected chi connectivity index (χ3v) is 6.61. The first-order valence-corrected chi connectivity index (χ1v) is 12.7. The number of nitrogens with two attached hydrogens (primary N) is 1. The van der Waals surface area contributed by atoms with Crippen LogP contribution < -0.4 is 5.73 Å². The summed E-state index contributed by atoms with van der Waals surface area (Å²) in [5.41, 5.74) is 8.43. The molecule has 0 fully saturated rings. The van der Waals surface area contributed by atoms with E-state index in [1.165, 1.54) is 12.1 Å². The summed E-state index contributed by atoms with van der Waals surface area (Å²) in [5, 5.41) is 0. The Hall–Kier alpha value is -3.10. The highest BCUT2D eigenvalue weighted by molar-refractivity contribution is 9.10. The van der Waals surface area contributed by atoms with Crippen LogP contribution in [0.5, 0.6) is 0 Å². The molecule has 4 aromatic rings. The van der Waals surface area contributed by atoms with Gasteiger partial charge in [-0.1, -0.05) is 48.0 Å². The van der Waals surface area contributed by atoms with Crippen LogP contribution in [0.3, 0.4) is 0 Å². The Bertz CT molecular complexity index is 1340. The van der Waals surface area contributed by atoms with E-state index >= 15 is 0 Å². The molecule has 1 amide bonds. The van der Waals surface area contributed by atoms with Crippen LogP contribution in [0.4, 0.5) is 8.78 Å². The number of hydrogen-bond donors (Lipinski definition) is 1. The van der Waals surface area contributed by atoms with Crippen LogP contribution in [-0.2, 0) is 6.54 Å². The smallest absolute Gasteiger partial charge is 0.254 e. The second-order valence-corrected chi connectivity index (χ2v) is 10.1. The van der Waals surface area contributed by atoms with Crippen molar-refractivity contribution in [1.82, 2.24) is 14.5 Å². The predicted octanol–water partition coefficient (Wildman–Crippen LogP) is 6.31. The van der Waals surface area contributed by atoms with Crippen LogP contribution >= 0.6 is 15.9 Å². The molecule has 188 valence electrons. The lowest BCUT2D eigenvalue weighted by Crippen LogP contribution is -2.40. The molecule has 3 aromatic carbocycles. The minimum Gasteiger partial charge on any atom is -0.330 e. The highest BCUT2D eigenvalue weighted by atomic mass is 79.9. The molecule has 4 rings (SSSR count). The van der Waals surface area contributed by atoms with E-state index in [-0.39, 0.29) is 18.4 Å². The Labute approximate surface area is 218 Å². The maximum atomic E-state index is 14.0. The molecule has 0 bridgehead atoms. The van der Waals surface area contributed by atoms with Crippen molar-refractivity contribution in [2.75, 3.05) is 13.1 Å². The second kappa shape index (κ2) is 11.3. The maximum Gasteiger partial charge on any atom is 0.254 e. The minimum absolute atomic E-state index is 0.00122. The van der Waals surface area contributed by atoms with Gasteiger partial charge in [0.1, 0.15) is 17.5 Å². The summed E-state index contributed by atoms with van der Waals surface area (Å²) in [4.78, 5) is 20.5. The number of fused-ring (bicyclic) bond motifs is 1. The van der Waals surface area contributed by atoms with Gasteiger partial charge >= 0.3 is 0 Å². The van der Waals surface area contributed by atoms with Gasteiger partial charge in [-0.3, -0.25) is 4.79 Å². The molecule has 36 heavy (non-hydrogen) atoms. The van der Waals surface area contributed by atoms with Gasteiger partial charge in [-0.2, -0.15) is 0 Å². The molecule has 0 saturated heterocycles. The largest absolute Gasteiger partial charge is 0.330 e. The molecule has 5 nitrogen and oxygen atoms in total. The van der Waals surface area contributed by atoms with E-state index in [4.69, 9.17) is 10.7 Å². The van der Waals surface area contributed by atoms with Crippen molar-refractivity contribution in [3.05, 3.63) is 99.8 Å². The Morgan fingerprint density at radius 1 is 1.06 bits per heavy atom. The highest BCUT2D eigenvalue weighted by Crippen LogP contribution is 2.33. The fraction of sp³-hybridized carbons (Fsp3) is 0.286. The molecule has 1 atom stereocenters. The van der Waals surface area contributed by atoms with E-state index in [9.17, 15) is 13.6 Å².